The zero-order chi connectivity index (χ0) is 14.0. The van der Waals surface area contributed by atoms with E-state index in [-0.39, 0.29) is 16.3 Å². The molecule has 0 saturated carbocycles. The largest absolute Gasteiger partial charge is 0.384 e. The van der Waals surface area contributed by atoms with E-state index in [2.05, 4.69) is 0 Å². The minimum absolute atomic E-state index is 0.0125. The summed E-state index contributed by atoms with van der Waals surface area (Å²) in [6, 6.07) is 8.84. The number of hydrogen-bond acceptors (Lipinski definition) is 2. The van der Waals surface area contributed by atoms with Gasteiger partial charge in [-0.05, 0) is 24.3 Å². The van der Waals surface area contributed by atoms with Crippen LogP contribution in [-0.2, 0) is 0 Å². The molecule has 0 spiro atoms. The van der Waals surface area contributed by atoms with Crippen molar-refractivity contribution in [3.63, 3.8) is 0 Å². The molecule has 2 aromatic carbocycles. The van der Waals surface area contributed by atoms with Gasteiger partial charge in [0.25, 0.3) is 0 Å². The Bertz CT molecular complexity index is 623. The highest BCUT2D eigenvalue weighted by molar-refractivity contribution is 7.99. The number of amidine groups is 1. The maximum atomic E-state index is 13.8. The van der Waals surface area contributed by atoms with Gasteiger partial charge < -0.3 is 5.73 Å². The normalized spacial score (nSPS) is 10.5. The lowest BCUT2D eigenvalue weighted by atomic mass is 10.2. The highest BCUT2D eigenvalue weighted by atomic mass is 35.5. The molecule has 19 heavy (non-hydrogen) atoms. The van der Waals surface area contributed by atoms with Gasteiger partial charge in [-0.1, -0.05) is 35.5 Å². The molecular weight excluding hydrogens is 290 g/mol. The monoisotopic (exact) mass is 298 g/mol. The van der Waals surface area contributed by atoms with E-state index in [1.54, 1.807) is 24.3 Å². The van der Waals surface area contributed by atoms with E-state index in [1.807, 2.05) is 0 Å². The number of hydrogen-bond donors (Lipinski definition) is 2. The Morgan fingerprint density at radius 1 is 1.16 bits per heavy atom. The summed E-state index contributed by atoms with van der Waals surface area (Å²) in [5.74, 6) is -1.92. The Balaban J connectivity index is 2.42. The summed E-state index contributed by atoms with van der Waals surface area (Å²) in [6.07, 6.45) is 0. The van der Waals surface area contributed by atoms with Gasteiger partial charge in [0.2, 0.25) is 0 Å². The predicted octanol–water partition coefficient (Wildman–Crippen LogP) is 4.05. The molecule has 2 nitrogen and oxygen atoms in total. The number of halogens is 3. The highest BCUT2D eigenvalue weighted by Crippen LogP contribution is 2.36. The summed E-state index contributed by atoms with van der Waals surface area (Å²) in [4.78, 5) is 0.385. The summed E-state index contributed by atoms with van der Waals surface area (Å²) in [6.45, 7) is 0. The molecule has 2 aromatic rings. The second-order valence-corrected chi connectivity index (χ2v) is 5.17. The first-order valence-corrected chi connectivity index (χ1v) is 6.44. The second kappa shape index (κ2) is 5.59. The molecule has 0 fully saturated rings. The van der Waals surface area contributed by atoms with Crippen LogP contribution in [0.15, 0.2) is 46.2 Å². The van der Waals surface area contributed by atoms with Crippen LogP contribution in [0.25, 0.3) is 0 Å². The van der Waals surface area contributed by atoms with Crippen molar-refractivity contribution < 1.29 is 8.78 Å². The summed E-state index contributed by atoms with van der Waals surface area (Å²) in [5, 5.41) is 7.59. The molecule has 0 aromatic heterocycles. The van der Waals surface area contributed by atoms with Gasteiger partial charge in [-0.3, -0.25) is 5.41 Å². The lowest BCUT2D eigenvalue weighted by Gasteiger charge is -2.08. The Labute approximate surface area is 118 Å². The maximum Gasteiger partial charge on any atom is 0.140 e. The third-order valence-corrected chi connectivity index (χ3v) is 3.97. The maximum absolute atomic E-state index is 13.8. The van der Waals surface area contributed by atoms with E-state index in [4.69, 9.17) is 22.7 Å². The van der Waals surface area contributed by atoms with E-state index >= 15 is 0 Å². The summed E-state index contributed by atoms with van der Waals surface area (Å²) in [5.41, 5.74) is 5.21. The number of nitrogens with one attached hydrogen (secondary N) is 1. The van der Waals surface area contributed by atoms with Crippen LogP contribution in [0.3, 0.4) is 0 Å². The fourth-order valence-corrected chi connectivity index (χ4v) is 2.55. The molecule has 0 unspecified atom stereocenters. The summed E-state index contributed by atoms with van der Waals surface area (Å²) >= 11 is 6.84. The van der Waals surface area contributed by atoms with Crippen LogP contribution in [-0.4, -0.2) is 5.84 Å². The zero-order valence-electron chi connectivity index (χ0n) is 9.58. The minimum atomic E-state index is -0.768. The van der Waals surface area contributed by atoms with Crippen molar-refractivity contribution in [3.05, 3.63) is 58.6 Å². The molecule has 0 radical (unpaired) electrons. The smallest absolute Gasteiger partial charge is 0.140 e. The van der Waals surface area contributed by atoms with Crippen LogP contribution in [0.2, 0.25) is 5.02 Å². The topological polar surface area (TPSA) is 49.9 Å². The SMILES string of the molecule is N=C(N)c1cc(F)c(Sc2ccccc2Cl)c(F)c1. The van der Waals surface area contributed by atoms with E-state index in [0.717, 1.165) is 23.9 Å². The van der Waals surface area contributed by atoms with Crippen LogP contribution < -0.4 is 5.73 Å². The Morgan fingerprint density at radius 3 is 2.26 bits per heavy atom. The highest BCUT2D eigenvalue weighted by Gasteiger charge is 2.15. The molecule has 98 valence electrons. The van der Waals surface area contributed by atoms with Crippen molar-refractivity contribution in [3.8, 4) is 0 Å². The van der Waals surface area contributed by atoms with Gasteiger partial charge in [-0.25, -0.2) is 8.78 Å². The molecular formula is C13H9ClF2N2S. The van der Waals surface area contributed by atoms with Crippen molar-refractivity contribution in [2.24, 2.45) is 5.73 Å². The van der Waals surface area contributed by atoms with Crippen molar-refractivity contribution in [1.29, 1.82) is 5.41 Å². The minimum Gasteiger partial charge on any atom is -0.384 e. The van der Waals surface area contributed by atoms with Gasteiger partial charge in [0.05, 0.1) is 9.92 Å². The molecule has 0 amide bonds. The number of benzene rings is 2. The van der Waals surface area contributed by atoms with Crippen molar-refractivity contribution in [1.82, 2.24) is 0 Å². The van der Waals surface area contributed by atoms with E-state index in [9.17, 15) is 8.78 Å². The van der Waals surface area contributed by atoms with Gasteiger partial charge in [0, 0.05) is 10.5 Å². The summed E-state index contributed by atoms with van der Waals surface area (Å²) in [7, 11) is 0. The Morgan fingerprint density at radius 2 is 1.74 bits per heavy atom. The third kappa shape index (κ3) is 3.05. The molecule has 0 atom stereocenters. The van der Waals surface area contributed by atoms with Gasteiger partial charge in [0.15, 0.2) is 0 Å². The third-order valence-electron chi connectivity index (χ3n) is 2.36. The second-order valence-electron chi connectivity index (χ2n) is 3.72. The van der Waals surface area contributed by atoms with E-state index < -0.39 is 11.6 Å². The van der Waals surface area contributed by atoms with Gasteiger partial charge in [-0.2, -0.15) is 0 Å². The number of nitrogen functional groups attached to an aromatic ring is 1. The van der Waals surface area contributed by atoms with Crippen LogP contribution in [0.5, 0.6) is 0 Å². The average Bonchev–Trinajstić information content (AvgIpc) is 2.35. The first-order chi connectivity index (χ1) is 8.99. The molecule has 0 saturated heterocycles. The first-order valence-electron chi connectivity index (χ1n) is 5.25. The standard InChI is InChI=1S/C13H9ClF2N2S/c14-8-3-1-2-4-11(8)19-12-9(15)5-7(13(17)18)6-10(12)16/h1-6H,(H3,17,18). The quantitative estimate of drug-likeness (QED) is 0.663. The molecule has 3 N–H and O–H groups in total. The summed E-state index contributed by atoms with van der Waals surface area (Å²) < 4.78 is 27.7. The van der Waals surface area contributed by atoms with Crippen LogP contribution in [0.4, 0.5) is 8.78 Å². The fourth-order valence-electron chi connectivity index (χ4n) is 1.45. The Kier molecular flexibility index (Phi) is 4.07. The molecule has 6 heteroatoms. The predicted molar refractivity (Wildman–Crippen MR) is 72.9 cm³/mol. The molecule has 0 aliphatic carbocycles. The lowest BCUT2D eigenvalue weighted by Crippen LogP contribution is -2.12. The average molecular weight is 299 g/mol. The van der Waals surface area contributed by atoms with Crippen LogP contribution in [0.1, 0.15) is 5.56 Å². The first kappa shape index (κ1) is 13.8. The molecule has 0 aliphatic heterocycles. The van der Waals surface area contributed by atoms with Crippen LogP contribution in [0, 0.1) is 17.0 Å². The molecule has 2 rings (SSSR count). The molecule has 0 bridgehead atoms. The number of nitrogens with two attached hydrogens (primary N) is 1. The lowest BCUT2D eigenvalue weighted by molar-refractivity contribution is 0.540. The Hall–Kier alpha value is -1.59. The van der Waals surface area contributed by atoms with Crippen molar-refractivity contribution in [2.75, 3.05) is 0 Å². The molecule has 0 heterocycles. The van der Waals surface area contributed by atoms with Crippen molar-refractivity contribution >= 4 is 29.2 Å². The zero-order valence-corrected chi connectivity index (χ0v) is 11.2. The van der Waals surface area contributed by atoms with E-state index in [0.29, 0.717) is 9.92 Å². The van der Waals surface area contributed by atoms with Gasteiger partial charge in [-0.15, -0.1) is 0 Å². The number of rotatable bonds is 3. The van der Waals surface area contributed by atoms with Gasteiger partial charge in [0.1, 0.15) is 17.5 Å². The van der Waals surface area contributed by atoms with Gasteiger partial charge >= 0.3 is 0 Å². The van der Waals surface area contributed by atoms with Crippen molar-refractivity contribution in [2.45, 2.75) is 9.79 Å². The fraction of sp³-hybridized carbons (Fsp3) is 0. The van der Waals surface area contributed by atoms with E-state index in [1.165, 1.54) is 0 Å². The molecule has 0 aliphatic rings. The van der Waals surface area contributed by atoms with Crippen LogP contribution >= 0.6 is 23.4 Å².